The normalized spacial score (nSPS) is 10.4. The lowest BCUT2D eigenvalue weighted by Crippen LogP contribution is -2.15. The summed E-state index contributed by atoms with van der Waals surface area (Å²) in [6.07, 6.45) is 1.49. The molecule has 7 nitrogen and oxygen atoms in total. The van der Waals surface area contributed by atoms with E-state index < -0.39 is 5.97 Å². The van der Waals surface area contributed by atoms with Crippen LogP contribution in [0.1, 0.15) is 15.9 Å². The second kappa shape index (κ2) is 11.4. The highest BCUT2D eigenvalue weighted by atomic mass is 16.6. The van der Waals surface area contributed by atoms with Crippen molar-refractivity contribution in [2.75, 3.05) is 52.0 Å². The van der Waals surface area contributed by atoms with E-state index in [1.165, 1.54) is 6.08 Å². The van der Waals surface area contributed by atoms with Crippen LogP contribution < -0.4 is 10.5 Å². The molecular formula is C17H25NO6. The molecule has 0 aliphatic heterocycles. The molecule has 7 heteroatoms. The lowest BCUT2D eigenvalue weighted by atomic mass is 10.1. The molecule has 0 bridgehead atoms. The van der Waals surface area contributed by atoms with Crippen LogP contribution in [-0.4, -0.2) is 57.3 Å². The van der Waals surface area contributed by atoms with Crippen molar-refractivity contribution >= 4 is 11.7 Å². The van der Waals surface area contributed by atoms with Crippen LogP contribution in [0.3, 0.4) is 0 Å². The first-order valence-electron chi connectivity index (χ1n) is 7.67. The number of rotatable bonds is 12. The summed E-state index contributed by atoms with van der Waals surface area (Å²) in [7, 11) is 0. The summed E-state index contributed by atoms with van der Waals surface area (Å²) in [5.41, 5.74) is 7.43. The summed E-state index contributed by atoms with van der Waals surface area (Å²) in [5, 5.41) is 8.56. The Hall–Kier alpha value is -2.09. The number of aliphatic hydroxyl groups excluding tert-OH is 1. The number of hydrogen-bond donors (Lipinski definition) is 2. The van der Waals surface area contributed by atoms with Gasteiger partial charge in [0, 0.05) is 0 Å². The van der Waals surface area contributed by atoms with Gasteiger partial charge in [-0.1, -0.05) is 12.7 Å². The predicted octanol–water partition coefficient (Wildman–Crippen LogP) is 1.32. The van der Waals surface area contributed by atoms with E-state index in [2.05, 4.69) is 6.58 Å². The highest BCUT2D eigenvalue weighted by Crippen LogP contribution is 2.29. The van der Waals surface area contributed by atoms with E-state index in [0.717, 1.165) is 5.56 Å². The Morgan fingerprint density at radius 3 is 2.54 bits per heavy atom. The van der Waals surface area contributed by atoms with Crippen molar-refractivity contribution in [3.05, 3.63) is 35.9 Å². The molecular weight excluding hydrogens is 314 g/mol. The number of nitrogen functional groups attached to an aromatic ring is 1. The summed E-state index contributed by atoms with van der Waals surface area (Å²) in [6, 6.07) is 3.39. The average Bonchev–Trinajstić information content (AvgIpc) is 2.56. The lowest BCUT2D eigenvalue weighted by Gasteiger charge is -2.14. The molecule has 1 aromatic carbocycles. The standard InChI is InChI=1S/C17H25NO6/c1-3-5-24-17(20)14-11-13(2)12-15(18)16(14)23-10-9-22-8-7-21-6-4-19/h3,11-12,19H,1,4-10,18H2,2H3. The van der Waals surface area contributed by atoms with E-state index in [0.29, 0.717) is 25.5 Å². The van der Waals surface area contributed by atoms with Gasteiger partial charge in [0.25, 0.3) is 0 Å². The van der Waals surface area contributed by atoms with Crippen molar-refractivity contribution in [1.82, 2.24) is 0 Å². The third-order valence-corrected chi connectivity index (χ3v) is 2.90. The quantitative estimate of drug-likeness (QED) is 0.256. The smallest absolute Gasteiger partial charge is 0.342 e. The number of ether oxygens (including phenoxy) is 4. The molecule has 0 amide bonds. The molecule has 0 heterocycles. The molecule has 0 radical (unpaired) electrons. The van der Waals surface area contributed by atoms with Crippen molar-refractivity contribution in [1.29, 1.82) is 0 Å². The Labute approximate surface area is 142 Å². The van der Waals surface area contributed by atoms with Crippen LogP contribution in [0.2, 0.25) is 0 Å². The van der Waals surface area contributed by atoms with Gasteiger partial charge >= 0.3 is 5.97 Å². The third-order valence-electron chi connectivity index (χ3n) is 2.90. The average molecular weight is 339 g/mol. The second-order valence-electron chi connectivity index (χ2n) is 4.91. The number of nitrogens with two attached hydrogens (primary N) is 1. The zero-order valence-electron chi connectivity index (χ0n) is 14.0. The predicted molar refractivity (Wildman–Crippen MR) is 90.3 cm³/mol. The Bertz CT molecular complexity index is 532. The van der Waals surface area contributed by atoms with Gasteiger partial charge < -0.3 is 29.8 Å². The molecule has 0 aromatic heterocycles. The van der Waals surface area contributed by atoms with Crippen molar-refractivity contribution in [3.8, 4) is 5.75 Å². The van der Waals surface area contributed by atoms with Gasteiger partial charge in [0.2, 0.25) is 0 Å². The molecule has 0 spiro atoms. The number of aliphatic hydroxyl groups is 1. The molecule has 0 aliphatic carbocycles. The minimum atomic E-state index is -0.515. The largest absolute Gasteiger partial charge is 0.488 e. The van der Waals surface area contributed by atoms with Gasteiger partial charge in [-0.05, 0) is 24.6 Å². The van der Waals surface area contributed by atoms with Crippen LogP contribution in [-0.2, 0) is 14.2 Å². The summed E-state index contributed by atoms with van der Waals surface area (Å²) in [4.78, 5) is 12.1. The van der Waals surface area contributed by atoms with Crippen LogP contribution in [0.15, 0.2) is 24.8 Å². The van der Waals surface area contributed by atoms with E-state index in [9.17, 15) is 4.79 Å². The molecule has 0 fully saturated rings. The minimum absolute atomic E-state index is 0.0134. The topological polar surface area (TPSA) is 100 Å². The molecule has 1 aromatic rings. The Balaban J connectivity index is 2.54. The Morgan fingerprint density at radius 1 is 1.21 bits per heavy atom. The summed E-state index contributed by atoms with van der Waals surface area (Å²) < 4.78 is 21.0. The molecule has 0 unspecified atom stereocenters. The summed E-state index contributed by atoms with van der Waals surface area (Å²) in [6.45, 7) is 7.06. The fraction of sp³-hybridized carbons (Fsp3) is 0.471. The first-order chi connectivity index (χ1) is 11.6. The van der Waals surface area contributed by atoms with Gasteiger partial charge in [-0.3, -0.25) is 0 Å². The number of benzene rings is 1. The van der Waals surface area contributed by atoms with Crippen LogP contribution in [0, 0.1) is 6.92 Å². The number of esters is 1. The summed E-state index contributed by atoms with van der Waals surface area (Å²) >= 11 is 0. The summed E-state index contributed by atoms with van der Waals surface area (Å²) in [5.74, 6) is -0.228. The van der Waals surface area contributed by atoms with Crippen molar-refractivity contribution in [2.24, 2.45) is 0 Å². The molecule has 0 atom stereocenters. The van der Waals surface area contributed by atoms with Gasteiger partial charge in [-0.25, -0.2) is 4.79 Å². The Kier molecular flexibility index (Phi) is 9.52. The van der Waals surface area contributed by atoms with Crippen LogP contribution >= 0.6 is 0 Å². The monoisotopic (exact) mass is 339 g/mol. The third kappa shape index (κ3) is 6.99. The zero-order chi connectivity index (χ0) is 17.8. The maximum Gasteiger partial charge on any atom is 0.342 e. The molecule has 0 aliphatic rings. The molecule has 0 saturated carbocycles. The number of hydrogen-bond acceptors (Lipinski definition) is 7. The number of anilines is 1. The van der Waals surface area contributed by atoms with Crippen LogP contribution in [0.5, 0.6) is 5.75 Å². The Morgan fingerprint density at radius 2 is 1.88 bits per heavy atom. The highest BCUT2D eigenvalue weighted by molar-refractivity contribution is 5.95. The van der Waals surface area contributed by atoms with Crippen molar-refractivity contribution in [2.45, 2.75) is 6.92 Å². The molecule has 24 heavy (non-hydrogen) atoms. The van der Waals surface area contributed by atoms with E-state index in [1.54, 1.807) is 12.1 Å². The number of carbonyl (C=O) groups is 1. The molecule has 1 rings (SSSR count). The minimum Gasteiger partial charge on any atom is -0.488 e. The number of carbonyl (C=O) groups excluding carboxylic acids is 1. The molecule has 134 valence electrons. The van der Waals surface area contributed by atoms with Gasteiger partial charge in [0.05, 0.1) is 38.7 Å². The first kappa shape index (κ1) is 20.0. The van der Waals surface area contributed by atoms with E-state index >= 15 is 0 Å². The highest BCUT2D eigenvalue weighted by Gasteiger charge is 2.17. The van der Waals surface area contributed by atoms with E-state index in [1.807, 2.05) is 6.92 Å². The van der Waals surface area contributed by atoms with Crippen LogP contribution in [0.4, 0.5) is 5.69 Å². The fourth-order valence-electron chi connectivity index (χ4n) is 1.92. The maximum absolute atomic E-state index is 12.1. The lowest BCUT2D eigenvalue weighted by molar-refractivity contribution is 0.0245. The second-order valence-corrected chi connectivity index (χ2v) is 4.91. The SMILES string of the molecule is C=CCOC(=O)c1cc(C)cc(N)c1OCCOCCOCCO. The van der Waals surface area contributed by atoms with Gasteiger partial charge in [0.1, 0.15) is 18.8 Å². The van der Waals surface area contributed by atoms with Crippen molar-refractivity contribution < 1.29 is 28.8 Å². The first-order valence-corrected chi connectivity index (χ1v) is 7.67. The maximum atomic E-state index is 12.1. The van der Waals surface area contributed by atoms with Gasteiger partial charge in [-0.15, -0.1) is 0 Å². The molecule has 0 saturated heterocycles. The van der Waals surface area contributed by atoms with E-state index in [4.69, 9.17) is 29.8 Å². The molecule has 3 N–H and O–H groups in total. The van der Waals surface area contributed by atoms with Crippen molar-refractivity contribution in [3.63, 3.8) is 0 Å². The van der Waals surface area contributed by atoms with Gasteiger partial charge in [0.15, 0.2) is 5.75 Å². The van der Waals surface area contributed by atoms with Gasteiger partial charge in [-0.2, -0.15) is 0 Å². The van der Waals surface area contributed by atoms with Crippen LogP contribution in [0.25, 0.3) is 0 Å². The fourth-order valence-corrected chi connectivity index (χ4v) is 1.92. The number of aryl methyl sites for hydroxylation is 1. The van der Waals surface area contributed by atoms with E-state index in [-0.39, 0.29) is 37.7 Å². The zero-order valence-corrected chi connectivity index (χ0v) is 14.0.